The highest BCUT2D eigenvalue weighted by atomic mass is 28.4. The summed E-state index contributed by atoms with van der Waals surface area (Å²) in [6.45, 7) is 11.1. The van der Waals surface area contributed by atoms with Gasteiger partial charge in [0.1, 0.15) is 0 Å². The zero-order chi connectivity index (χ0) is 11.7. The number of hydrogen-bond acceptors (Lipinski definition) is 4. The zero-order valence-electron chi connectivity index (χ0n) is 9.99. The predicted octanol–water partition coefficient (Wildman–Crippen LogP) is 1.68. The van der Waals surface area contributed by atoms with Crippen LogP contribution in [0.2, 0.25) is 0 Å². The largest absolute Gasteiger partial charge is 0.594 e. The summed E-state index contributed by atoms with van der Waals surface area (Å²) in [5, 5.41) is 5.91. The predicted molar refractivity (Wildman–Crippen MR) is 63.1 cm³/mol. The molecule has 15 heavy (non-hydrogen) atoms. The summed E-state index contributed by atoms with van der Waals surface area (Å²) in [6.07, 6.45) is 2.85. The van der Waals surface area contributed by atoms with Gasteiger partial charge in [-0.25, -0.2) is 0 Å². The smallest absolute Gasteiger partial charge is 0.362 e. The van der Waals surface area contributed by atoms with Crippen LogP contribution in [0.25, 0.3) is 0 Å². The molecule has 0 saturated heterocycles. The summed E-state index contributed by atoms with van der Waals surface area (Å²) >= 11 is 0. The Bertz CT molecular complexity index is 172. The van der Waals surface area contributed by atoms with Crippen LogP contribution in [0.5, 0.6) is 0 Å². The first-order chi connectivity index (χ1) is 7.11. The van der Waals surface area contributed by atoms with Gasteiger partial charge in [0.15, 0.2) is 0 Å². The molecule has 5 heteroatoms. The molecule has 90 valence electrons. The van der Waals surface area contributed by atoms with Gasteiger partial charge in [-0.05, 0) is 26.2 Å². The molecule has 0 spiro atoms. The summed E-state index contributed by atoms with van der Waals surface area (Å²) in [6, 6.07) is 0. The monoisotopic (exact) mass is 233 g/mol. The molecule has 1 unspecified atom stereocenters. The van der Waals surface area contributed by atoms with Gasteiger partial charge in [0.05, 0.1) is 0 Å². The minimum Gasteiger partial charge on any atom is -0.362 e. The Morgan fingerprint density at radius 1 is 1.20 bits per heavy atom. The Hall–Kier alpha value is -0.203. The Balaban J connectivity index is 4.09. The number of nitrogens with two attached hydrogens (primary N) is 1. The third kappa shape index (κ3) is 6.06. The van der Waals surface area contributed by atoms with Crippen molar-refractivity contribution >= 4 is 8.97 Å². The van der Waals surface area contributed by atoms with Crippen molar-refractivity contribution in [1.82, 2.24) is 0 Å². The van der Waals surface area contributed by atoms with E-state index in [2.05, 4.69) is 13.5 Å². The van der Waals surface area contributed by atoms with E-state index in [1.165, 1.54) is 0 Å². The van der Waals surface area contributed by atoms with Crippen LogP contribution in [0, 0.1) is 5.92 Å². The molecule has 0 aromatic heterocycles. The zero-order valence-corrected chi connectivity index (χ0v) is 11.0. The minimum atomic E-state index is -2.89. The second-order valence-electron chi connectivity index (χ2n) is 3.18. The lowest BCUT2D eigenvalue weighted by Crippen LogP contribution is -2.56. The standard InChI is InChI=1S/C10H23NO3Si/c1-5-10(6-2)9-14-15(11,12-7-3)13-8-4/h5,10H,1,6-9,11H2,2-4H3. The van der Waals surface area contributed by atoms with E-state index in [1.54, 1.807) is 0 Å². The summed E-state index contributed by atoms with van der Waals surface area (Å²) in [4.78, 5) is 0. The van der Waals surface area contributed by atoms with Crippen molar-refractivity contribution in [3.8, 4) is 0 Å². The second-order valence-corrected chi connectivity index (χ2v) is 5.26. The third-order valence-corrected chi connectivity index (χ3v) is 4.00. The molecule has 0 aliphatic carbocycles. The van der Waals surface area contributed by atoms with Gasteiger partial charge >= 0.3 is 8.97 Å². The molecular formula is C10H23NO3Si. The second kappa shape index (κ2) is 8.01. The van der Waals surface area contributed by atoms with Crippen molar-refractivity contribution in [2.75, 3.05) is 19.8 Å². The van der Waals surface area contributed by atoms with Gasteiger partial charge in [-0.15, -0.1) is 6.58 Å². The average Bonchev–Trinajstić information content (AvgIpc) is 2.20. The lowest BCUT2D eigenvalue weighted by molar-refractivity contribution is 0.0599. The molecule has 0 fully saturated rings. The summed E-state index contributed by atoms with van der Waals surface area (Å²) in [5.74, 6) is 0.307. The van der Waals surface area contributed by atoms with E-state index in [4.69, 9.17) is 18.7 Å². The van der Waals surface area contributed by atoms with Crippen LogP contribution in [0.3, 0.4) is 0 Å². The van der Waals surface area contributed by atoms with E-state index < -0.39 is 8.97 Å². The lowest BCUT2D eigenvalue weighted by atomic mass is 10.1. The van der Waals surface area contributed by atoms with E-state index in [-0.39, 0.29) is 0 Å². The maximum absolute atomic E-state index is 5.91. The first-order valence-corrected chi connectivity index (χ1v) is 7.25. The first kappa shape index (κ1) is 14.8. The molecule has 2 N–H and O–H groups in total. The van der Waals surface area contributed by atoms with Crippen LogP contribution in [0.4, 0.5) is 0 Å². The van der Waals surface area contributed by atoms with Gasteiger partial charge in [-0.3, -0.25) is 5.40 Å². The molecule has 0 radical (unpaired) electrons. The van der Waals surface area contributed by atoms with Crippen molar-refractivity contribution in [1.29, 1.82) is 0 Å². The molecule has 4 nitrogen and oxygen atoms in total. The van der Waals surface area contributed by atoms with Crippen molar-refractivity contribution < 1.29 is 13.3 Å². The normalized spacial score (nSPS) is 13.9. The topological polar surface area (TPSA) is 53.7 Å². The van der Waals surface area contributed by atoms with Gasteiger partial charge in [-0.1, -0.05) is 13.0 Å². The van der Waals surface area contributed by atoms with Gasteiger partial charge < -0.3 is 13.3 Å². The Labute approximate surface area is 93.8 Å². The van der Waals surface area contributed by atoms with E-state index in [0.717, 1.165) is 6.42 Å². The fraction of sp³-hybridized carbons (Fsp3) is 0.800. The molecule has 1 atom stereocenters. The Kier molecular flexibility index (Phi) is 7.90. The maximum Gasteiger partial charge on any atom is 0.594 e. The van der Waals surface area contributed by atoms with Crippen molar-refractivity contribution in [3.05, 3.63) is 12.7 Å². The minimum absolute atomic E-state index is 0.307. The van der Waals surface area contributed by atoms with Gasteiger partial charge in [-0.2, -0.15) is 0 Å². The van der Waals surface area contributed by atoms with Crippen LogP contribution in [0.1, 0.15) is 27.2 Å². The fourth-order valence-electron chi connectivity index (χ4n) is 1.10. The molecule has 0 heterocycles. The maximum atomic E-state index is 5.91. The number of hydrogen-bond donors (Lipinski definition) is 1. The number of rotatable bonds is 9. The molecule has 0 bridgehead atoms. The Morgan fingerprint density at radius 2 is 1.73 bits per heavy atom. The van der Waals surface area contributed by atoms with Gasteiger partial charge in [0.2, 0.25) is 0 Å². The first-order valence-electron chi connectivity index (χ1n) is 5.45. The molecule has 0 aromatic rings. The average molecular weight is 233 g/mol. The molecule has 0 aliphatic heterocycles. The molecule has 0 rings (SSSR count). The molecule has 0 aromatic carbocycles. The van der Waals surface area contributed by atoms with E-state index in [9.17, 15) is 0 Å². The van der Waals surface area contributed by atoms with Crippen molar-refractivity contribution in [2.24, 2.45) is 11.3 Å². The molecule has 0 amide bonds. The van der Waals surface area contributed by atoms with Crippen LogP contribution in [0.15, 0.2) is 12.7 Å². The SMILES string of the molecule is C=CC(CC)CO[Si](N)(OCC)OCC. The van der Waals surface area contributed by atoms with E-state index >= 15 is 0 Å². The summed E-state index contributed by atoms with van der Waals surface area (Å²) in [7, 11) is -2.89. The van der Waals surface area contributed by atoms with Crippen LogP contribution in [-0.4, -0.2) is 28.8 Å². The summed E-state index contributed by atoms with van der Waals surface area (Å²) < 4.78 is 16.2. The molecule has 0 saturated carbocycles. The van der Waals surface area contributed by atoms with Crippen molar-refractivity contribution in [3.63, 3.8) is 0 Å². The summed E-state index contributed by atoms with van der Waals surface area (Å²) in [5.41, 5.74) is 0. The lowest BCUT2D eigenvalue weighted by Gasteiger charge is -2.25. The van der Waals surface area contributed by atoms with E-state index in [0.29, 0.717) is 25.7 Å². The quantitative estimate of drug-likeness (QED) is 0.486. The Morgan fingerprint density at radius 3 is 2.07 bits per heavy atom. The van der Waals surface area contributed by atoms with Crippen LogP contribution < -0.4 is 5.40 Å². The fourth-order valence-corrected chi connectivity index (χ4v) is 2.60. The third-order valence-electron chi connectivity index (χ3n) is 2.05. The highest BCUT2D eigenvalue weighted by molar-refractivity contribution is 6.56. The van der Waals surface area contributed by atoms with Crippen molar-refractivity contribution in [2.45, 2.75) is 27.2 Å². The van der Waals surface area contributed by atoms with Gasteiger partial charge in [0.25, 0.3) is 0 Å². The van der Waals surface area contributed by atoms with Crippen LogP contribution in [-0.2, 0) is 13.3 Å². The highest BCUT2D eigenvalue weighted by Gasteiger charge is 2.36. The van der Waals surface area contributed by atoms with Crippen LogP contribution >= 0.6 is 0 Å². The highest BCUT2D eigenvalue weighted by Crippen LogP contribution is 2.09. The molecular weight excluding hydrogens is 210 g/mol. The van der Waals surface area contributed by atoms with E-state index in [1.807, 2.05) is 19.9 Å². The molecule has 0 aliphatic rings. The van der Waals surface area contributed by atoms with Gasteiger partial charge in [0, 0.05) is 19.8 Å².